The highest BCUT2D eigenvalue weighted by molar-refractivity contribution is 7.90. The molecule has 0 saturated carbocycles. The molecule has 0 amide bonds. The molecule has 2 aromatic carbocycles. The van der Waals surface area contributed by atoms with Crippen LogP contribution in [0.2, 0.25) is 5.02 Å². The normalized spacial score (nSPS) is 16.1. The smallest absolute Gasteiger partial charge is 0.154 e. The second-order valence-electron chi connectivity index (χ2n) is 7.89. The topological polar surface area (TPSA) is 50.3 Å². The molecule has 0 radical (unpaired) electrons. The van der Waals surface area contributed by atoms with Gasteiger partial charge in [-0.3, -0.25) is 9.88 Å². The van der Waals surface area contributed by atoms with E-state index in [2.05, 4.69) is 9.88 Å². The molecule has 0 N–H and O–H groups in total. The zero-order chi connectivity index (χ0) is 22.0. The number of hydrogen-bond donors (Lipinski definition) is 0. The molecule has 0 aliphatic carbocycles. The molecule has 31 heavy (non-hydrogen) atoms. The standard InChI is InChI=1S/C23H21ClF2N2O2S/c24-20-3-1-18(2-4-20)23(19-5-7-27-8-6-19)28-12-17(13-28)15-31(29,30)14-16-9-21(25)11-22(26)10-16/h1-11,17,23H,12-15H2/t23-/m1/s1. The monoisotopic (exact) mass is 462 g/mol. The quantitative estimate of drug-likeness (QED) is 0.513. The van der Waals surface area contributed by atoms with Crippen molar-refractivity contribution in [3.05, 3.63) is 100 Å². The van der Waals surface area contributed by atoms with Gasteiger partial charge >= 0.3 is 0 Å². The Morgan fingerprint density at radius 2 is 1.55 bits per heavy atom. The molecule has 1 saturated heterocycles. The molecule has 8 heteroatoms. The summed E-state index contributed by atoms with van der Waals surface area (Å²) < 4.78 is 51.9. The van der Waals surface area contributed by atoms with Gasteiger partial charge in [0, 0.05) is 36.6 Å². The number of halogens is 3. The fraction of sp³-hybridized carbons (Fsp3) is 0.261. The first-order chi connectivity index (χ1) is 14.8. The van der Waals surface area contributed by atoms with Crippen LogP contribution in [0.4, 0.5) is 8.78 Å². The Balaban J connectivity index is 1.45. The third kappa shape index (κ3) is 5.47. The summed E-state index contributed by atoms with van der Waals surface area (Å²) in [6.45, 7) is 1.21. The number of pyridine rings is 1. The van der Waals surface area contributed by atoms with Crippen LogP contribution in [0.3, 0.4) is 0 Å². The van der Waals surface area contributed by atoms with Crippen LogP contribution in [0.5, 0.6) is 0 Å². The fourth-order valence-electron chi connectivity index (χ4n) is 4.10. The van der Waals surface area contributed by atoms with E-state index in [9.17, 15) is 17.2 Å². The molecule has 1 aliphatic heterocycles. The van der Waals surface area contributed by atoms with Crippen molar-refractivity contribution < 1.29 is 17.2 Å². The van der Waals surface area contributed by atoms with Crippen molar-refractivity contribution in [2.24, 2.45) is 5.92 Å². The van der Waals surface area contributed by atoms with Crippen molar-refractivity contribution in [3.63, 3.8) is 0 Å². The molecule has 162 valence electrons. The maximum absolute atomic E-state index is 13.4. The van der Waals surface area contributed by atoms with E-state index in [1.54, 1.807) is 12.4 Å². The summed E-state index contributed by atoms with van der Waals surface area (Å²) in [5.74, 6) is -1.99. The molecule has 2 heterocycles. The van der Waals surface area contributed by atoms with E-state index in [4.69, 9.17) is 11.6 Å². The van der Waals surface area contributed by atoms with Crippen LogP contribution in [0.1, 0.15) is 22.7 Å². The van der Waals surface area contributed by atoms with Gasteiger partial charge in [0.05, 0.1) is 17.5 Å². The van der Waals surface area contributed by atoms with Gasteiger partial charge in [0.25, 0.3) is 0 Å². The maximum Gasteiger partial charge on any atom is 0.154 e. The lowest BCUT2D eigenvalue weighted by molar-refractivity contribution is 0.0812. The Labute approximate surface area is 185 Å². The van der Waals surface area contributed by atoms with Crippen molar-refractivity contribution >= 4 is 21.4 Å². The lowest BCUT2D eigenvalue weighted by Gasteiger charge is -2.44. The van der Waals surface area contributed by atoms with Crippen LogP contribution >= 0.6 is 11.6 Å². The molecule has 0 bridgehead atoms. The minimum atomic E-state index is -3.50. The highest BCUT2D eigenvalue weighted by Crippen LogP contribution is 2.35. The zero-order valence-corrected chi connectivity index (χ0v) is 18.2. The number of aromatic nitrogens is 1. The number of sulfone groups is 1. The second-order valence-corrected chi connectivity index (χ2v) is 10.4. The first-order valence-electron chi connectivity index (χ1n) is 9.84. The molecule has 1 aromatic heterocycles. The molecular weight excluding hydrogens is 442 g/mol. The summed E-state index contributed by atoms with van der Waals surface area (Å²) in [5.41, 5.74) is 2.26. The predicted molar refractivity (Wildman–Crippen MR) is 116 cm³/mol. The van der Waals surface area contributed by atoms with Gasteiger partial charge in [0.15, 0.2) is 9.84 Å². The lowest BCUT2D eigenvalue weighted by atomic mass is 9.91. The summed E-state index contributed by atoms with van der Waals surface area (Å²) >= 11 is 6.03. The third-order valence-corrected chi connectivity index (χ3v) is 7.36. The van der Waals surface area contributed by atoms with E-state index in [-0.39, 0.29) is 29.0 Å². The van der Waals surface area contributed by atoms with Gasteiger partial charge in [-0.15, -0.1) is 0 Å². The number of rotatable bonds is 7. The Kier molecular flexibility index (Phi) is 6.36. The minimum absolute atomic E-state index is 0.0225. The fourth-order valence-corrected chi connectivity index (χ4v) is 5.94. The summed E-state index contributed by atoms with van der Waals surface area (Å²) in [6, 6.07) is 14.3. The van der Waals surface area contributed by atoms with Crippen molar-refractivity contribution in [2.45, 2.75) is 11.8 Å². The van der Waals surface area contributed by atoms with Crippen molar-refractivity contribution in [3.8, 4) is 0 Å². The van der Waals surface area contributed by atoms with Crippen molar-refractivity contribution in [2.75, 3.05) is 18.8 Å². The molecule has 4 nitrogen and oxygen atoms in total. The van der Waals surface area contributed by atoms with Crippen LogP contribution in [-0.4, -0.2) is 37.1 Å². The zero-order valence-electron chi connectivity index (χ0n) is 16.6. The van der Waals surface area contributed by atoms with E-state index in [0.29, 0.717) is 18.1 Å². The number of nitrogens with zero attached hydrogens (tertiary/aromatic N) is 2. The van der Waals surface area contributed by atoms with E-state index >= 15 is 0 Å². The van der Waals surface area contributed by atoms with Crippen LogP contribution in [0.25, 0.3) is 0 Å². The van der Waals surface area contributed by atoms with Crippen molar-refractivity contribution in [1.29, 1.82) is 0 Å². The average molecular weight is 463 g/mol. The molecule has 0 unspecified atom stereocenters. The highest BCUT2D eigenvalue weighted by atomic mass is 35.5. The number of likely N-dealkylation sites (tertiary alicyclic amines) is 1. The van der Waals surface area contributed by atoms with Crippen molar-refractivity contribution in [1.82, 2.24) is 9.88 Å². The van der Waals surface area contributed by atoms with Gasteiger partial charge in [-0.1, -0.05) is 23.7 Å². The SMILES string of the molecule is O=S(=O)(Cc1cc(F)cc(F)c1)CC1CN([C@@H](c2ccncc2)c2ccc(Cl)cc2)C1. The predicted octanol–water partition coefficient (Wildman–Crippen LogP) is 4.65. The van der Waals surface area contributed by atoms with E-state index in [1.165, 1.54) is 0 Å². The van der Waals surface area contributed by atoms with E-state index < -0.39 is 21.5 Å². The first-order valence-corrected chi connectivity index (χ1v) is 12.0. The third-order valence-electron chi connectivity index (χ3n) is 5.36. The van der Waals surface area contributed by atoms with Gasteiger partial charge in [-0.05, 0) is 59.0 Å². The Bertz CT molecular complexity index is 1130. The summed E-state index contributed by atoms with van der Waals surface area (Å²) in [7, 11) is -3.50. The minimum Gasteiger partial charge on any atom is -0.292 e. The Morgan fingerprint density at radius 1 is 0.968 bits per heavy atom. The molecule has 1 fully saturated rings. The summed E-state index contributed by atoms with van der Waals surface area (Å²) in [5, 5.41) is 0.651. The molecule has 0 spiro atoms. The van der Waals surface area contributed by atoms with Gasteiger partial charge in [0.2, 0.25) is 0 Å². The van der Waals surface area contributed by atoms with E-state index in [1.807, 2.05) is 36.4 Å². The molecule has 1 atom stereocenters. The van der Waals surface area contributed by atoms with Crippen LogP contribution in [0.15, 0.2) is 67.0 Å². The molecular formula is C23H21ClF2N2O2S. The first kappa shape index (κ1) is 21.9. The Morgan fingerprint density at radius 3 is 2.16 bits per heavy atom. The van der Waals surface area contributed by atoms with Crippen LogP contribution in [0, 0.1) is 17.6 Å². The molecule has 1 aliphatic rings. The van der Waals surface area contributed by atoms with Gasteiger partial charge in [-0.25, -0.2) is 17.2 Å². The average Bonchev–Trinajstić information content (AvgIpc) is 2.67. The molecule has 3 aromatic rings. The Hall–Kier alpha value is -2.35. The van der Waals surface area contributed by atoms with Crippen LogP contribution in [-0.2, 0) is 15.6 Å². The second kappa shape index (κ2) is 9.02. The van der Waals surface area contributed by atoms with Gasteiger partial charge in [-0.2, -0.15) is 0 Å². The van der Waals surface area contributed by atoms with Crippen LogP contribution < -0.4 is 0 Å². The summed E-state index contributed by atoms with van der Waals surface area (Å²) in [4.78, 5) is 6.29. The molecule has 4 rings (SSSR count). The number of benzene rings is 2. The lowest BCUT2D eigenvalue weighted by Crippen LogP contribution is -2.51. The highest BCUT2D eigenvalue weighted by Gasteiger charge is 2.36. The van der Waals surface area contributed by atoms with Gasteiger partial charge < -0.3 is 0 Å². The van der Waals surface area contributed by atoms with Gasteiger partial charge in [0.1, 0.15) is 11.6 Å². The maximum atomic E-state index is 13.4. The number of hydrogen-bond acceptors (Lipinski definition) is 4. The summed E-state index contributed by atoms with van der Waals surface area (Å²) in [6.07, 6.45) is 3.47. The largest absolute Gasteiger partial charge is 0.292 e. The van der Waals surface area contributed by atoms with E-state index in [0.717, 1.165) is 29.3 Å².